The van der Waals surface area contributed by atoms with Gasteiger partial charge in [0.1, 0.15) is 35.8 Å². The molecule has 1 fully saturated rings. The average molecular weight is 666 g/mol. The zero-order valence-corrected chi connectivity index (χ0v) is 23.9. The van der Waals surface area contributed by atoms with Crippen molar-refractivity contribution in [1.82, 2.24) is 30.0 Å². The Morgan fingerprint density at radius 1 is 0.821 bits per heavy atom. The molecule has 2 aromatic heterocycles. The smallest absolute Gasteiger partial charge is 0.186 e. The third-order valence-corrected chi connectivity index (χ3v) is 7.20. The molecule has 14 heteroatoms. The van der Waals surface area contributed by atoms with E-state index >= 15 is 0 Å². The van der Waals surface area contributed by atoms with E-state index in [1.165, 1.54) is 7.11 Å². The Balaban J connectivity index is 1.28. The molecular formula is C25H26Br2N6O6. The summed E-state index contributed by atoms with van der Waals surface area (Å²) in [7, 11) is 1.46. The van der Waals surface area contributed by atoms with Crippen LogP contribution in [0.2, 0.25) is 0 Å². The summed E-state index contributed by atoms with van der Waals surface area (Å²) in [5, 5.41) is 37.4. The molecular weight excluding hydrogens is 640 g/mol. The lowest BCUT2D eigenvalue weighted by Crippen LogP contribution is -2.60. The molecule has 3 unspecified atom stereocenters. The van der Waals surface area contributed by atoms with Crippen molar-refractivity contribution in [3.8, 4) is 11.4 Å². The summed E-state index contributed by atoms with van der Waals surface area (Å²) in [6.07, 6.45) is -1.27. The predicted octanol–water partition coefficient (Wildman–Crippen LogP) is 2.57. The number of rotatable bonds is 10. The standard InChI is InChI=1S/C25H26Br2N6O6/c1-36-25-24(38-14-18-11-33(31-29-18)20-8-4-16(27)5-9-20)23(22(35)21(12-34)39-25)37-13-17-10-32(30-28-17)19-6-2-15(26)3-7-19/h2-11,21-25,34-35H,12-14H2,1H3/t21?,22-,23?,24?,25-/m1/s1. The molecule has 0 spiro atoms. The highest BCUT2D eigenvalue weighted by Gasteiger charge is 2.47. The second-order valence-electron chi connectivity index (χ2n) is 8.76. The number of aliphatic hydroxyl groups excluding tert-OH is 2. The summed E-state index contributed by atoms with van der Waals surface area (Å²) < 4.78 is 28.6. The van der Waals surface area contributed by atoms with Gasteiger partial charge in [0.05, 0.1) is 43.6 Å². The maximum atomic E-state index is 10.9. The molecule has 0 saturated carbocycles. The number of methoxy groups -OCH3 is 1. The van der Waals surface area contributed by atoms with Gasteiger partial charge in [0, 0.05) is 16.1 Å². The van der Waals surface area contributed by atoms with E-state index in [4.69, 9.17) is 18.9 Å². The van der Waals surface area contributed by atoms with Gasteiger partial charge in [-0.3, -0.25) is 0 Å². The van der Waals surface area contributed by atoms with E-state index in [-0.39, 0.29) is 13.2 Å². The quantitative estimate of drug-likeness (QED) is 0.260. The summed E-state index contributed by atoms with van der Waals surface area (Å²) in [4.78, 5) is 0. The average Bonchev–Trinajstić information content (AvgIpc) is 3.62. The molecule has 1 aliphatic heterocycles. The molecule has 206 valence electrons. The van der Waals surface area contributed by atoms with E-state index in [2.05, 4.69) is 52.5 Å². The van der Waals surface area contributed by atoms with Gasteiger partial charge in [-0.1, -0.05) is 42.3 Å². The number of halogens is 2. The van der Waals surface area contributed by atoms with Crippen LogP contribution in [-0.4, -0.2) is 84.6 Å². The molecule has 1 saturated heterocycles. The van der Waals surface area contributed by atoms with Crippen LogP contribution in [0.25, 0.3) is 11.4 Å². The summed E-state index contributed by atoms with van der Waals surface area (Å²) in [5.74, 6) is 0. The molecule has 0 aliphatic carbocycles. The molecule has 2 aromatic carbocycles. The molecule has 5 rings (SSSR count). The minimum atomic E-state index is -1.19. The maximum absolute atomic E-state index is 10.9. The second-order valence-corrected chi connectivity index (χ2v) is 10.6. The van der Waals surface area contributed by atoms with Crippen molar-refractivity contribution in [2.75, 3.05) is 13.7 Å². The first-order valence-electron chi connectivity index (χ1n) is 12.0. The van der Waals surface area contributed by atoms with E-state index in [1.54, 1.807) is 21.8 Å². The summed E-state index contributed by atoms with van der Waals surface area (Å²) in [5.41, 5.74) is 2.77. The molecule has 5 atom stereocenters. The Morgan fingerprint density at radius 3 is 1.77 bits per heavy atom. The van der Waals surface area contributed by atoms with Crippen LogP contribution in [0, 0.1) is 0 Å². The van der Waals surface area contributed by atoms with Crippen molar-refractivity contribution in [3.63, 3.8) is 0 Å². The Bertz CT molecular complexity index is 1350. The third-order valence-electron chi connectivity index (χ3n) is 6.14. The van der Waals surface area contributed by atoms with Crippen LogP contribution in [0.15, 0.2) is 69.9 Å². The molecule has 0 bridgehead atoms. The summed E-state index contributed by atoms with van der Waals surface area (Å²) in [6.45, 7) is -0.331. The van der Waals surface area contributed by atoms with Gasteiger partial charge in [0.25, 0.3) is 0 Å². The van der Waals surface area contributed by atoms with E-state index in [0.717, 1.165) is 20.3 Å². The Kier molecular flexibility index (Phi) is 9.14. The largest absolute Gasteiger partial charge is 0.394 e. The molecule has 0 amide bonds. The Labute approximate surface area is 240 Å². The van der Waals surface area contributed by atoms with Crippen LogP contribution in [0.3, 0.4) is 0 Å². The van der Waals surface area contributed by atoms with Crippen LogP contribution in [-0.2, 0) is 32.2 Å². The minimum Gasteiger partial charge on any atom is -0.394 e. The van der Waals surface area contributed by atoms with Crippen molar-refractivity contribution < 1.29 is 29.2 Å². The van der Waals surface area contributed by atoms with Crippen molar-refractivity contribution in [1.29, 1.82) is 0 Å². The van der Waals surface area contributed by atoms with Gasteiger partial charge in [-0.15, -0.1) is 10.2 Å². The first kappa shape index (κ1) is 28.0. The first-order valence-corrected chi connectivity index (χ1v) is 13.6. The highest BCUT2D eigenvalue weighted by molar-refractivity contribution is 9.10. The van der Waals surface area contributed by atoms with Crippen LogP contribution < -0.4 is 0 Å². The molecule has 1 aliphatic rings. The fourth-order valence-corrected chi connectivity index (χ4v) is 4.66. The second kappa shape index (κ2) is 12.7. The zero-order chi connectivity index (χ0) is 27.4. The Hall–Kier alpha value is -2.56. The van der Waals surface area contributed by atoms with E-state index < -0.39 is 37.3 Å². The number of benzene rings is 2. The predicted molar refractivity (Wildman–Crippen MR) is 144 cm³/mol. The van der Waals surface area contributed by atoms with Gasteiger partial charge in [0.2, 0.25) is 0 Å². The topological polar surface area (TPSA) is 139 Å². The third kappa shape index (κ3) is 6.61. The number of hydrogen-bond donors (Lipinski definition) is 2. The zero-order valence-electron chi connectivity index (χ0n) is 20.7. The fourth-order valence-electron chi connectivity index (χ4n) is 4.13. The van der Waals surface area contributed by atoms with Crippen LogP contribution in [0.4, 0.5) is 0 Å². The lowest BCUT2D eigenvalue weighted by molar-refractivity contribution is -0.314. The molecule has 3 heterocycles. The number of aromatic nitrogens is 6. The van der Waals surface area contributed by atoms with Crippen molar-refractivity contribution in [3.05, 3.63) is 81.3 Å². The summed E-state index contributed by atoms with van der Waals surface area (Å²) in [6, 6.07) is 15.2. The lowest BCUT2D eigenvalue weighted by atomic mass is 9.98. The number of hydrogen-bond acceptors (Lipinski definition) is 10. The van der Waals surface area contributed by atoms with Gasteiger partial charge in [-0.2, -0.15) is 0 Å². The molecule has 0 radical (unpaired) electrons. The molecule has 12 nitrogen and oxygen atoms in total. The molecule has 4 aromatic rings. The number of ether oxygens (including phenoxy) is 4. The first-order chi connectivity index (χ1) is 18.9. The SMILES string of the molecule is CO[C@@H]1OC(CO)[C@@H](O)C(OCc2cn(-c3ccc(Br)cc3)nn2)C1OCc1cn(-c2ccc(Br)cc2)nn1. The van der Waals surface area contributed by atoms with Crippen molar-refractivity contribution in [2.24, 2.45) is 0 Å². The molecule has 2 N–H and O–H groups in total. The highest BCUT2D eigenvalue weighted by Crippen LogP contribution is 2.28. The highest BCUT2D eigenvalue weighted by atomic mass is 79.9. The van der Waals surface area contributed by atoms with Crippen LogP contribution in [0.1, 0.15) is 11.4 Å². The van der Waals surface area contributed by atoms with E-state index in [1.807, 2.05) is 48.5 Å². The van der Waals surface area contributed by atoms with Crippen LogP contribution >= 0.6 is 31.9 Å². The fraction of sp³-hybridized carbons (Fsp3) is 0.360. The summed E-state index contributed by atoms with van der Waals surface area (Å²) >= 11 is 6.84. The van der Waals surface area contributed by atoms with E-state index in [9.17, 15) is 10.2 Å². The van der Waals surface area contributed by atoms with Gasteiger partial charge >= 0.3 is 0 Å². The minimum absolute atomic E-state index is 0.0342. The van der Waals surface area contributed by atoms with Gasteiger partial charge in [0.15, 0.2) is 6.29 Å². The van der Waals surface area contributed by atoms with Crippen molar-refractivity contribution >= 4 is 31.9 Å². The monoisotopic (exact) mass is 664 g/mol. The van der Waals surface area contributed by atoms with Gasteiger partial charge < -0.3 is 29.2 Å². The maximum Gasteiger partial charge on any atom is 0.186 e. The number of nitrogens with zero attached hydrogens (tertiary/aromatic N) is 6. The Morgan fingerprint density at radius 2 is 1.31 bits per heavy atom. The van der Waals surface area contributed by atoms with Crippen LogP contribution in [0.5, 0.6) is 0 Å². The molecule has 39 heavy (non-hydrogen) atoms. The lowest BCUT2D eigenvalue weighted by Gasteiger charge is -2.43. The number of aliphatic hydroxyl groups is 2. The van der Waals surface area contributed by atoms with Crippen molar-refractivity contribution in [2.45, 2.75) is 43.9 Å². The normalized spacial score (nSPS) is 23.3. The van der Waals surface area contributed by atoms with E-state index in [0.29, 0.717) is 11.4 Å². The van der Waals surface area contributed by atoms with Gasteiger partial charge in [-0.25, -0.2) is 9.36 Å². The van der Waals surface area contributed by atoms with Gasteiger partial charge in [-0.05, 0) is 48.5 Å².